The first-order valence-corrected chi connectivity index (χ1v) is 4.87. The Morgan fingerprint density at radius 3 is 2.87 bits per heavy atom. The van der Waals surface area contributed by atoms with Crippen LogP contribution in [0.25, 0.3) is 16.5 Å². The Kier molecular flexibility index (Phi) is 2.60. The van der Waals surface area contributed by atoms with Crippen LogP contribution in [0.4, 0.5) is 0 Å². The second kappa shape index (κ2) is 3.91. The van der Waals surface area contributed by atoms with Crippen molar-refractivity contribution < 1.29 is 4.74 Å². The van der Waals surface area contributed by atoms with Gasteiger partial charge in [-0.2, -0.15) is 0 Å². The molecular formula is C12H10ClNO. The van der Waals surface area contributed by atoms with E-state index in [1.165, 1.54) is 0 Å². The number of ether oxygens (including phenoxy) is 1. The first-order valence-electron chi connectivity index (χ1n) is 4.49. The lowest BCUT2D eigenvalue weighted by Gasteiger charge is -2.05. The highest BCUT2D eigenvalue weighted by Crippen LogP contribution is 2.21. The molecule has 0 N–H and O–H groups in total. The summed E-state index contributed by atoms with van der Waals surface area (Å²) in [7, 11) is 1.60. The summed E-state index contributed by atoms with van der Waals surface area (Å²) in [4.78, 5) is 4.01. The molecular weight excluding hydrogens is 210 g/mol. The van der Waals surface area contributed by atoms with Gasteiger partial charge in [0.05, 0.1) is 7.11 Å². The van der Waals surface area contributed by atoms with Crippen molar-refractivity contribution in [3.8, 4) is 0 Å². The van der Waals surface area contributed by atoms with Crippen molar-refractivity contribution in [3.63, 3.8) is 0 Å². The lowest BCUT2D eigenvalue weighted by Crippen LogP contribution is -1.86. The van der Waals surface area contributed by atoms with Gasteiger partial charge in [0, 0.05) is 17.1 Å². The standard InChI is InChI=1S/C12H10ClNO/c1-8(15-2)9-3-4-10-7-14-12(13)6-11(10)5-9/h3-7H,1H2,2H3. The molecule has 2 aromatic rings. The van der Waals surface area contributed by atoms with E-state index >= 15 is 0 Å². The molecule has 0 amide bonds. The molecule has 0 saturated carbocycles. The molecule has 0 unspecified atom stereocenters. The van der Waals surface area contributed by atoms with E-state index in [-0.39, 0.29) is 0 Å². The predicted molar refractivity (Wildman–Crippen MR) is 62.8 cm³/mol. The minimum Gasteiger partial charge on any atom is -0.497 e. The maximum Gasteiger partial charge on any atom is 0.129 e. The fraction of sp³-hybridized carbons (Fsp3) is 0.0833. The molecule has 0 fully saturated rings. The summed E-state index contributed by atoms with van der Waals surface area (Å²) in [5.41, 5.74) is 0.951. The van der Waals surface area contributed by atoms with Crippen molar-refractivity contribution in [1.29, 1.82) is 0 Å². The Hall–Kier alpha value is -1.54. The van der Waals surface area contributed by atoms with Gasteiger partial charge < -0.3 is 4.74 Å². The summed E-state index contributed by atoms with van der Waals surface area (Å²) in [6.45, 7) is 3.80. The predicted octanol–water partition coefficient (Wildman–Crippen LogP) is 3.51. The van der Waals surface area contributed by atoms with E-state index in [1.807, 2.05) is 24.3 Å². The third kappa shape index (κ3) is 1.95. The zero-order chi connectivity index (χ0) is 10.8. The summed E-state index contributed by atoms with van der Waals surface area (Å²) in [5, 5.41) is 2.57. The Labute approximate surface area is 93.2 Å². The molecule has 3 heteroatoms. The quantitative estimate of drug-likeness (QED) is 0.570. The minimum atomic E-state index is 0.489. The van der Waals surface area contributed by atoms with Gasteiger partial charge in [0.15, 0.2) is 0 Å². The minimum absolute atomic E-state index is 0.489. The number of fused-ring (bicyclic) bond motifs is 1. The molecule has 0 aliphatic heterocycles. The number of pyridine rings is 1. The Morgan fingerprint density at radius 2 is 2.13 bits per heavy atom. The van der Waals surface area contributed by atoms with Crippen LogP contribution in [0.2, 0.25) is 5.15 Å². The molecule has 76 valence electrons. The highest BCUT2D eigenvalue weighted by Gasteiger charge is 2.01. The third-order valence-corrected chi connectivity index (χ3v) is 2.46. The monoisotopic (exact) mass is 219 g/mol. The van der Waals surface area contributed by atoms with Crippen LogP contribution < -0.4 is 0 Å². The number of benzene rings is 1. The van der Waals surface area contributed by atoms with Gasteiger partial charge in [0.2, 0.25) is 0 Å². The second-order valence-electron chi connectivity index (χ2n) is 3.20. The SMILES string of the molecule is C=C(OC)c1ccc2cnc(Cl)cc2c1. The maximum absolute atomic E-state index is 5.82. The topological polar surface area (TPSA) is 22.1 Å². The van der Waals surface area contributed by atoms with Crippen molar-refractivity contribution in [2.45, 2.75) is 0 Å². The first kappa shape index (κ1) is 9.99. The van der Waals surface area contributed by atoms with Crippen LogP contribution in [-0.2, 0) is 4.74 Å². The smallest absolute Gasteiger partial charge is 0.129 e. The molecule has 2 nitrogen and oxygen atoms in total. The molecule has 2 rings (SSSR count). The maximum atomic E-state index is 5.82. The molecule has 0 radical (unpaired) electrons. The fourth-order valence-electron chi connectivity index (χ4n) is 1.41. The number of aromatic nitrogens is 1. The zero-order valence-corrected chi connectivity index (χ0v) is 9.08. The molecule has 0 bridgehead atoms. The molecule has 0 atom stereocenters. The van der Waals surface area contributed by atoms with Crippen LogP contribution >= 0.6 is 11.6 Å². The highest BCUT2D eigenvalue weighted by molar-refractivity contribution is 6.30. The van der Waals surface area contributed by atoms with E-state index in [4.69, 9.17) is 16.3 Å². The summed E-state index contributed by atoms with van der Waals surface area (Å²) >= 11 is 5.82. The van der Waals surface area contributed by atoms with E-state index in [1.54, 1.807) is 13.3 Å². The molecule has 1 aromatic heterocycles. The average Bonchev–Trinajstić information content (AvgIpc) is 2.27. The number of hydrogen-bond donors (Lipinski definition) is 0. The van der Waals surface area contributed by atoms with E-state index in [0.29, 0.717) is 10.9 Å². The Morgan fingerprint density at radius 1 is 1.33 bits per heavy atom. The lowest BCUT2D eigenvalue weighted by atomic mass is 10.1. The van der Waals surface area contributed by atoms with Gasteiger partial charge >= 0.3 is 0 Å². The number of rotatable bonds is 2. The van der Waals surface area contributed by atoms with Gasteiger partial charge in [-0.1, -0.05) is 30.3 Å². The van der Waals surface area contributed by atoms with Crippen molar-refractivity contribution in [2.24, 2.45) is 0 Å². The average molecular weight is 220 g/mol. The van der Waals surface area contributed by atoms with Crippen molar-refractivity contribution in [2.75, 3.05) is 7.11 Å². The van der Waals surface area contributed by atoms with Crippen molar-refractivity contribution in [3.05, 3.63) is 47.8 Å². The number of hydrogen-bond acceptors (Lipinski definition) is 2. The largest absolute Gasteiger partial charge is 0.497 e. The van der Waals surface area contributed by atoms with Crippen LogP contribution in [-0.4, -0.2) is 12.1 Å². The summed E-state index contributed by atoms with van der Waals surface area (Å²) < 4.78 is 5.07. The van der Waals surface area contributed by atoms with Gasteiger partial charge in [0.1, 0.15) is 10.9 Å². The molecule has 1 heterocycles. The molecule has 15 heavy (non-hydrogen) atoms. The normalized spacial score (nSPS) is 10.3. The van der Waals surface area contributed by atoms with Gasteiger partial charge in [0.25, 0.3) is 0 Å². The van der Waals surface area contributed by atoms with E-state index in [9.17, 15) is 0 Å². The van der Waals surface area contributed by atoms with E-state index in [2.05, 4.69) is 11.6 Å². The summed E-state index contributed by atoms with van der Waals surface area (Å²) in [6.07, 6.45) is 1.75. The number of methoxy groups -OCH3 is 1. The van der Waals surface area contributed by atoms with Gasteiger partial charge in [-0.15, -0.1) is 0 Å². The Bertz CT molecular complexity index is 522. The first-order chi connectivity index (χ1) is 7.20. The van der Waals surface area contributed by atoms with Crippen LogP contribution in [0.5, 0.6) is 0 Å². The third-order valence-electron chi connectivity index (χ3n) is 2.26. The van der Waals surface area contributed by atoms with Crippen molar-refractivity contribution in [1.82, 2.24) is 4.98 Å². The zero-order valence-electron chi connectivity index (χ0n) is 8.33. The van der Waals surface area contributed by atoms with Crippen LogP contribution in [0, 0.1) is 0 Å². The van der Waals surface area contributed by atoms with Crippen LogP contribution in [0.15, 0.2) is 37.0 Å². The van der Waals surface area contributed by atoms with E-state index < -0.39 is 0 Å². The highest BCUT2D eigenvalue weighted by atomic mass is 35.5. The second-order valence-corrected chi connectivity index (χ2v) is 3.58. The van der Waals surface area contributed by atoms with E-state index in [0.717, 1.165) is 16.3 Å². The van der Waals surface area contributed by atoms with Gasteiger partial charge in [-0.25, -0.2) is 4.98 Å². The van der Waals surface area contributed by atoms with Crippen LogP contribution in [0.3, 0.4) is 0 Å². The van der Waals surface area contributed by atoms with Crippen molar-refractivity contribution >= 4 is 28.1 Å². The molecule has 1 aromatic carbocycles. The van der Waals surface area contributed by atoms with Gasteiger partial charge in [-0.3, -0.25) is 0 Å². The number of nitrogens with zero attached hydrogens (tertiary/aromatic N) is 1. The summed E-state index contributed by atoms with van der Waals surface area (Å²) in [5.74, 6) is 0.643. The number of halogens is 1. The lowest BCUT2D eigenvalue weighted by molar-refractivity contribution is 0.371. The molecule has 0 saturated heterocycles. The molecule has 0 spiro atoms. The Balaban J connectivity index is 2.59. The molecule has 0 aliphatic rings. The fourth-order valence-corrected chi connectivity index (χ4v) is 1.57. The summed E-state index contributed by atoms with van der Waals surface area (Å²) in [6, 6.07) is 7.72. The molecule has 0 aliphatic carbocycles. The van der Waals surface area contributed by atoms with Crippen LogP contribution in [0.1, 0.15) is 5.56 Å². The van der Waals surface area contributed by atoms with Gasteiger partial charge in [-0.05, 0) is 17.5 Å².